The van der Waals surface area contributed by atoms with Gasteiger partial charge in [0.2, 0.25) is 0 Å². The molecule has 0 bridgehead atoms. The lowest BCUT2D eigenvalue weighted by molar-refractivity contribution is -0.137. The van der Waals surface area contributed by atoms with Crippen LogP contribution in [-0.4, -0.2) is 48.2 Å². The molecule has 14 heteroatoms. The Bertz CT molecular complexity index is 1410. The summed E-state index contributed by atoms with van der Waals surface area (Å²) < 4.78 is 73.7. The Kier molecular flexibility index (Phi) is 15.0. The number of aldehydes is 1. The SMILES string of the molecule is CC(C)C.CCCc1nc(-c2cc(N)c(F)c(C)c2C(F)(F)F)c(F)c(NCc2ccn(C3CC3)n2)c1C=O.CNCCNNC. The number of pyridine rings is 1. The number of nitrogens with two attached hydrogens (primary N) is 1. The van der Waals surface area contributed by atoms with E-state index >= 15 is 4.39 Å². The van der Waals surface area contributed by atoms with Crippen LogP contribution in [0.5, 0.6) is 0 Å². The maximum Gasteiger partial charge on any atom is 0.417 e. The second-order valence-electron chi connectivity index (χ2n) is 11.6. The van der Waals surface area contributed by atoms with Crippen LogP contribution in [0.3, 0.4) is 0 Å². The van der Waals surface area contributed by atoms with Crippen molar-refractivity contribution < 1.29 is 26.7 Å². The van der Waals surface area contributed by atoms with Gasteiger partial charge in [-0.1, -0.05) is 34.1 Å². The molecular weight excluding hydrogens is 607 g/mol. The molecule has 0 saturated heterocycles. The smallest absolute Gasteiger partial charge is 0.396 e. The molecule has 46 heavy (non-hydrogen) atoms. The summed E-state index contributed by atoms with van der Waals surface area (Å²) in [5, 5.41) is 10.2. The Hall–Kier alpha value is -3.62. The number of hydrogen-bond donors (Lipinski definition) is 5. The fraction of sp³-hybridized carbons (Fsp3) is 0.531. The molecule has 6 N–H and O–H groups in total. The molecule has 9 nitrogen and oxygen atoms in total. The van der Waals surface area contributed by atoms with Crippen LogP contribution in [0.25, 0.3) is 11.3 Å². The molecule has 0 amide bonds. The minimum atomic E-state index is -5.00. The number of nitrogens with one attached hydrogen (secondary N) is 4. The summed E-state index contributed by atoms with van der Waals surface area (Å²) in [4.78, 5) is 16.0. The number of anilines is 2. The summed E-state index contributed by atoms with van der Waals surface area (Å²) in [5.41, 5.74) is 7.62. The van der Waals surface area contributed by atoms with Gasteiger partial charge in [-0.3, -0.25) is 20.3 Å². The Morgan fingerprint density at radius 2 is 1.78 bits per heavy atom. The summed E-state index contributed by atoms with van der Waals surface area (Å²) in [5.74, 6) is -1.56. The van der Waals surface area contributed by atoms with E-state index in [1.165, 1.54) is 0 Å². The normalized spacial score (nSPS) is 12.7. The van der Waals surface area contributed by atoms with Crippen LogP contribution in [0.15, 0.2) is 18.3 Å². The van der Waals surface area contributed by atoms with Gasteiger partial charge in [-0.25, -0.2) is 13.8 Å². The molecule has 3 aromatic rings. The van der Waals surface area contributed by atoms with Crippen LogP contribution in [0.4, 0.5) is 33.3 Å². The number of aryl methyl sites for hydroxylation is 1. The highest BCUT2D eigenvalue weighted by atomic mass is 19.4. The first-order valence-electron chi connectivity index (χ1n) is 15.4. The summed E-state index contributed by atoms with van der Waals surface area (Å²) in [6, 6.07) is 2.81. The molecule has 2 aromatic heterocycles. The number of likely N-dealkylation sites (N-methyl/N-ethyl adjacent to an activating group) is 1. The number of carbonyl (C=O) groups is 1. The van der Waals surface area contributed by atoms with Gasteiger partial charge in [-0.15, -0.1) is 0 Å². The van der Waals surface area contributed by atoms with Crippen LogP contribution in [0, 0.1) is 24.5 Å². The molecule has 1 saturated carbocycles. The molecule has 1 aliphatic rings. The molecule has 1 aliphatic carbocycles. The lowest BCUT2D eigenvalue weighted by Crippen LogP contribution is -2.33. The molecule has 1 aromatic carbocycles. The van der Waals surface area contributed by atoms with E-state index in [0.717, 1.165) is 44.8 Å². The van der Waals surface area contributed by atoms with E-state index in [2.05, 4.69) is 52.3 Å². The van der Waals surface area contributed by atoms with Gasteiger partial charge in [-0.05, 0) is 63.9 Å². The summed E-state index contributed by atoms with van der Waals surface area (Å²) in [7, 11) is 3.78. The van der Waals surface area contributed by atoms with Crippen molar-refractivity contribution in [1.82, 2.24) is 30.9 Å². The standard InChI is InChI=1S/C24H24F5N5O.C4H13N3.C4H10/c1-3-4-18-16(11-35)22(31-10-13-7-8-34(33-13)14-5-6-14)21(26)23(32-18)15-9-17(30)20(25)12(2)19(15)24(27,28)29;1-5-3-4-7-6-2;1-4(2)3/h7-9,11,14H,3-6,10,30H2,1-2H3,(H,31,32);5-7H,3-4H2,1-2H3;4H,1-3H3. The number of rotatable bonds is 12. The Balaban J connectivity index is 0.000000577. The van der Waals surface area contributed by atoms with Gasteiger partial charge in [-0.2, -0.15) is 18.3 Å². The summed E-state index contributed by atoms with van der Waals surface area (Å²) in [6.45, 7) is 11.2. The van der Waals surface area contributed by atoms with Crippen molar-refractivity contribution in [2.45, 2.75) is 79.1 Å². The van der Waals surface area contributed by atoms with Crippen molar-refractivity contribution in [3.8, 4) is 11.3 Å². The number of hydrazine groups is 1. The van der Waals surface area contributed by atoms with Crippen molar-refractivity contribution in [3.63, 3.8) is 0 Å². The number of nitrogens with zero attached hydrogens (tertiary/aromatic N) is 3. The van der Waals surface area contributed by atoms with Gasteiger partial charge < -0.3 is 16.4 Å². The van der Waals surface area contributed by atoms with Gasteiger partial charge >= 0.3 is 6.18 Å². The van der Waals surface area contributed by atoms with E-state index in [-0.39, 0.29) is 29.9 Å². The third-order valence-electron chi connectivity index (χ3n) is 6.63. The van der Waals surface area contributed by atoms with Crippen molar-refractivity contribution in [2.75, 3.05) is 38.2 Å². The predicted molar refractivity (Wildman–Crippen MR) is 172 cm³/mol. The Morgan fingerprint density at radius 1 is 1.13 bits per heavy atom. The minimum Gasteiger partial charge on any atom is -0.396 e. The predicted octanol–water partition coefficient (Wildman–Crippen LogP) is 6.44. The zero-order valence-corrected chi connectivity index (χ0v) is 27.6. The molecule has 0 unspecified atom stereocenters. The number of aromatic nitrogens is 3. The fourth-order valence-electron chi connectivity index (χ4n) is 4.41. The third kappa shape index (κ3) is 10.7. The van der Waals surface area contributed by atoms with Crippen LogP contribution in [0.1, 0.15) is 85.9 Å². The number of carbonyl (C=O) groups excluding carboxylic acids is 1. The molecular formula is C32H47F5N8O. The highest BCUT2D eigenvalue weighted by Gasteiger charge is 2.39. The van der Waals surface area contributed by atoms with E-state index in [1.54, 1.807) is 23.9 Å². The molecule has 2 heterocycles. The van der Waals surface area contributed by atoms with E-state index in [4.69, 9.17) is 5.73 Å². The maximum absolute atomic E-state index is 15.8. The number of halogens is 5. The number of benzene rings is 1. The molecule has 0 spiro atoms. The number of nitrogen functional groups attached to an aromatic ring is 1. The number of alkyl halides is 3. The molecule has 0 radical (unpaired) electrons. The summed E-state index contributed by atoms with van der Waals surface area (Å²) in [6.07, 6.45) is -0.0246. The first kappa shape index (κ1) is 38.6. The third-order valence-corrected chi connectivity index (χ3v) is 6.63. The van der Waals surface area contributed by atoms with E-state index < -0.39 is 45.9 Å². The lowest BCUT2D eigenvalue weighted by atomic mass is 9.95. The highest BCUT2D eigenvalue weighted by molar-refractivity contribution is 5.88. The van der Waals surface area contributed by atoms with Gasteiger partial charge in [0.25, 0.3) is 0 Å². The molecule has 0 aliphatic heterocycles. The van der Waals surface area contributed by atoms with Gasteiger partial charge in [0.1, 0.15) is 11.5 Å². The van der Waals surface area contributed by atoms with E-state index in [9.17, 15) is 22.4 Å². The minimum absolute atomic E-state index is 0.0310. The van der Waals surface area contributed by atoms with Crippen molar-refractivity contribution in [2.24, 2.45) is 5.92 Å². The largest absolute Gasteiger partial charge is 0.417 e. The van der Waals surface area contributed by atoms with Gasteiger partial charge in [0.15, 0.2) is 12.1 Å². The lowest BCUT2D eigenvalue weighted by Gasteiger charge is -2.20. The summed E-state index contributed by atoms with van der Waals surface area (Å²) >= 11 is 0. The van der Waals surface area contributed by atoms with Crippen molar-refractivity contribution >= 4 is 17.7 Å². The first-order valence-corrected chi connectivity index (χ1v) is 15.4. The molecule has 4 rings (SSSR count). The first-order chi connectivity index (χ1) is 21.7. The van der Waals surface area contributed by atoms with Crippen molar-refractivity contribution in [3.05, 3.63) is 58.0 Å². The zero-order chi connectivity index (χ0) is 34.6. The van der Waals surface area contributed by atoms with Crippen LogP contribution in [-0.2, 0) is 19.1 Å². The van der Waals surface area contributed by atoms with Crippen LogP contribution < -0.4 is 27.2 Å². The molecule has 256 valence electrons. The van der Waals surface area contributed by atoms with E-state index in [1.807, 2.05) is 14.1 Å². The Morgan fingerprint density at radius 3 is 2.30 bits per heavy atom. The average Bonchev–Trinajstić information content (AvgIpc) is 3.72. The number of hydrogen-bond acceptors (Lipinski definition) is 8. The average molecular weight is 655 g/mol. The monoisotopic (exact) mass is 654 g/mol. The van der Waals surface area contributed by atoms with Gasteiger partial charge in [0.05, 0.1) is 46.5 Å². The Labute approximate surface area is 267 Å². The zero-order valence-electron chi connectivity index (χ0n) is 27.6. The highest BCUT2D eigenvalue weighted by Crippen LogP contribution is 2.43. The van der Waals surface area contributed by atoms with E-state index in [0.29, 0.717) is 24.4 Å². The van der Waals surface area contributed by atoms with Crippen LogP contribution >= 0.6 is 0 Å². The topological polar surface area (TPSA) is 122 Å². The quantitative estimate of drug-likeness (QED) is 0.0498. The van der Waals surface area contributed by atoms with Gasteiger partial charge in [0, 0.05) is 24.8 Å². The van der Waals surface area contributed by atoms with Crippen molar-refractivity contribution in [1.29, 1.82) is 0 Å². The second-order valence-corrected chi connectivity index (χ2v) is 11.6. The second kappa shape index (κ2) is 17.9. The maximum atomic E-state index is 15.8. The fourth-order valence-corrected chi connectivity index (χ4v) is 4.41. The molecule has 0 atom stereocenters. The molecule has 1 fully saturated rings. The van der Waals surface area contributed by atoms with Crippen LogP contribution in [0.2, 0.25) is 0 Å².